The van der Waals surface area contributed by atoms with E-state index in [-0.39, 0.29) is 0 Å². The van der Waals surface area contributed by atoms with Crippen LogP contribution in [0.5, 0.6) is 0 Å². The molecule has 4 aliphatic rings. The van der Waals surface area contributed by atoms with Gasteiger partial charge in [-0.05, 0) is 63.5 Å². The van der Waals surface area contributed by atoms with E-state index in [0.29, 0.717) is 6.10 Å². The first-order valence-corrected chi connectivity index (χ1v) is 7.99. The molecule has 0 spiro atoms. The molecule has 2 heterocycles. The molecule has 2 aliphatic carbocycles. The zero-order chi connectivity index (χ0) is 11.9. The lowest BCUT2D eigenvalue weighted by molar-refractivity contribution is 0.0520. The molecule has 102 valence electrons. The molecule has 4 rings (SSSR count). The van der Waals surface area contributed by atoms with Crippen LogP contribution in [0.2, 0.25) is 0 Å². The smallest absolute Gasteiger partial charge is 0.0759 e. The van der Waals surface area contributed by atoms with E-state index in [1.54, 1.807) is 0 Å². The van der Waals surface area contributed by atoms with Crippen molar-refractivity contribution in [1.29, 1.82) is 0 Å². The first-order chi connectivity index (χ1) is 8.90. The monoisotopic (exact) mass is 250 g/mol. The van der Waals surface area contributed by atoms with Crippen molar-refractivity contribution in [3.8, 4) is 0 Å². The highest BCUT2D eigenvalue weighted by molar-refractivity contribution is 4.97. The number of likely N-dealkylation sites (tertiary alicyclic amines) is 1. The van der Waals surface area contributed by atoms with Crippen LogP contribution in [-0.4, -0.2) is 49.3 Å². The van der Waals surface area contributed by atoms with Crippen molar-refractivity contribution < 1.29 is 4.74 Å². The predicted octanol–water partition coefficient (Wildman–Crippen LogP) is 1.63. The Bertz CT molecular complexity index is 301. The summed E-state index contributed by atoms with van der Waals surface area (Å²) in [5.41, 5.74) is 0. The van der Waals surface area contributed by atoms with Gasteiger partial charge in [0.25, 0.3) is 0 Å². The van der Waals surface area contributed by atoms with Gasteiger partial charge in [0.15, 0.2) is 0 Å². The largest absolute Gasteiger partial charge is 0.376 e. The first-order valence-electron chi connectivity index (χ1n) is 7.99. The third-order valence-electron chi connectivity index (χ3n) is 5.25. The first kappa shape index (κ1) is 11.7. The van der Waals surface area contributed by atoms with Gasteiger partial charge in [0.1, 0.15) is 0 Å². The zero-order valence-corrected chi connectivity index (χ0v) is 11.3. The van der Waals surface area contributed by atoms with Crippen molar-refractivity contribution in [2.75, 3.05) is 26.2 Å². The van der Waals surface area contributed by atoms with Gasteiger partial charge < -0.3 is 10.1 Å². The molecule has 2 saturated heterocycles. The summed E-state index contributed by atoms with van der Waals surface area (Å²) in [4.78, 5) is 2.75. The van der Waals surface area contributed by atoms with E-state index in [1.807, 2.05) is 0 Å². The van der Waals surface area contributed by atoms with Gasteiger partial charge in [0.2, 0.25) is 0 Å². The van der Waals surface area contributed by atoms with Crippen LogP contribution in [0.1, 0.15) is 38.5 Å². The van der Waals surface area contributed by atoms with Crippen LogP contribution in [0, 0.1) is 11.8 Å². The summed E-state index contributed by atoms with van der Waals surface area (Å²) in [6, 6.07) is 1.62. The Morgan fingerprint density at radius 2 is 1.94 bits per heavy atom. The molecule has 0 aromatic carbocycles. The second-order valence-corrected chi connectivity index (χ2v) is 6.86. The second kappa shape index (κ2) is 4.77. The molecule has 0 radical (unpaired) electrons. The van der Waals surface area contributed by atoms with Crippen molar-refractivity contribution in [3.63, 3.8) is 0 Å². The lowest BCUT2D eigenvalue weighted by atomic mass is 10.0. The van der Waals surface area contributed by atoms with Gasteiger partial charge in [-0.15, -0.1) is 0 Å². The normalized spacial score (nSPS) is 41.7. The van der Waals surface area contributed by atoms with Crippen LogP contribution in [0.25, 0.3) is 0 Å². The molecule has 3 nitrogen and oxygen atoms in total. The number of ether oxygens (including phenoxy) is 1. The van der Waals surface area contributed by atoms with Crippen molar-refractivity contribution in [1.82, 2.24) is 10.2 Å². The molecular weight excluding hydrogens is 224 g/mol. The summed E-state index contributed by atoms with van der Waals surface area (Å²) >= 11 is 0. The molecule has 3 atom stereocenters. The van der Waals surface area contributed by atoms with E-state index < -0.39 is 0 Å². The maximum Gasteiger partial charge on any atom is 0.0759 e. The standard InChI is InChI=1S/C15H26N2O/c1-2-12(1)15-14(6-8-18-15)17-7-5-11(10-17)9-16-13-3-4-13/h11-16H,1-10H2. The number of nitrogens with one attached hydrogen (secondary N) is 1. The van der Waals surface area contributed by atoms with Gasteiger partial charge in [-0.25, -0.2) is 0 Å². The van der Waals surface area contributed by atoms with Gasteiger partial charge in [0, 0.05) is 25.2 Å². The lowest BCUT2D eigenvalue weighted by Gasteiger charge is -2.28. The Labute approximate surface area is 110 Å². The Hall–Kier alpha value is -0.120. The molecule has 3 unspecified atom stereocenters. The molecule has 18 heavy (non-hydrogen) atoms. The zero-order valence-electron chi connectivity index (χ0n) is 11.3. The third kappa shape index (κ3) is 2.45. The minimum atomic E-state index is 0.583. The average molecular weight is 250 g/mol. The average Bonchev–Trinajstić information content (AvgIpc) is 3.30. The Morgan fingerprint density at radius 3 is 2.72 bits per heavy atom. The molecule has 4 fully saturated rings. The molecule has 0 aromatic rings. The fraction of sp³-hybridized carbons (Fsp3) is 1.00. The van der Waals surface area contributed by atoms with E-state index >= 15 is 0 Å². The van der Waals surface area contributed by atoms with Gasteiger partial charge in [-0.2, -0.15) is 0 Å². The van der Waals surface area contributed by atoms with Gasteiger partial charge in [-0.3, -0.25) is 4.90 Å². The highest BCUT2D eigenvalue weighted by Gasteiger charge is 2.44. The number of hydrogen-bond acceptors (Lipinski definition) is 3. The summed E-state index contributed by atoms with van der Waals surface area (Å²) in [5.74, 6) is 1.80. The van der Waals surface area contributed by atoms with Gasteiger partial charge in [-0.1, -0.05) is 0 Å². The van der Waals surface area contributed by atoms with Gasteiger partial charge >= 0.3 is 0 Å². The third-order valence-corrected chi connectivity index (χ3v) is 5.25. The molecule has 2 aliphatic heterocycles. The Balaban J connectivity index is 1.29. The van der Waals surface area contributed by atoms with E-state index in [2.05, 4.69) is 10.2 Å². The van der Waals surface area contributed by atoms with Crippen molar-refractivity contribution in [3.05, 3.63) is 0 Å². The van der Waals surface area contributed by atoms with Crippen LogP contribution >= 0.6 is 0 Å². The molecule has 1 N–H and O–H groups in total. The number of nitrogens with zero attached hydrogens (tertiary/aromatic N) is 1. The maximum absolute atomic E-state index is 5.99. The van der Waals surface area contributed by atoms with Gasteiger partial charge in [0.05, 0.1) is 6.10 Å². The predicted molar refractivity (Wildman–Crippen MR) is 71.6 cm³/mol. The van der Waals surface area contributed by atoms with E-state index in [0.717, 1.165) is 30.5 Å². The molecule has 0 aromatic heterocycles. The van der Waals surface area contributed by atoms with Crippen LogP contribution in [-0.2, 0) is 4.74 Å². The highest BCUT2D eigenvalue weighted by atomic mass is 16.5. The maximum atomic E-state index is 5.99. The van der Waals surface area contributed by atoms with Crippen molar-refractivity contribution in [2.24, 2.45) is 11.8 Å². The van der Waals surface area contributed by atoms with E-state index in [1.165, 1.54) is 58.2 Å². The highest BCUT2D eigenvalue weighted by Crippen LogP contribution is 2.41. The molecule has 0 bridgehead atoms. The minimum absolute atomic E-state index is 0.583. The van der Waals surface area contributed by atoms with Crippen LogP contribution < -0.4 is 5.32 Å². The van der Waals surface area contributed by atoms with E-state index in [9.17, 15) is 0 Å². The topological polar surface area (TPSA) is 24.5 Å². The molecule has 0 amide bonds. The number of rotatable bonds is 5. The SMILES string of the molecule is C1CC(N2CCC(CNC3CC3)C2)C(C2CC2)O1. The second-order valence-electron chi connectivity index (χ2n) is 6.86. The van der Waals surface area contributed by atoms with Crippen LogP contribution in [0.3, 0.4) is 0 Å². The minimum Gasteiger partial charge on any atom is -0.376 e. The van der Waals surface area contributed by atoms with Crippen molar-refractivity contribution in [2.45, 2.75) is 56.7 Å². The summed E-state index contributed by atoms with van der Waals surface area (Å²) < 4.78 is 5.99. The lowest BCUT2D eigenvalue weighted by Crippen LogP contribution is -2.41. The van der Waals surface area contributed by atoms with Crippen LogP contribution in [0.4, 0.5) is 0 Å². The van der Waals surface area contributed by atoms with E-state index in [4.69, 9.17) is 4.74 Å². The fourth-order valence-electron chi connectivity index (χ4n) is 3.82. The Morgan fingerprint density at radius 1 is 1.06 bits per heavy atom. The molecule has 2 saturated carbocycles. The van der Waals surface area contributed by atoms with Crippen molar-refractivity contribution >= 4 is 0 Å². The summed E-state index contributed by atoms with van der Waals surface area (Å²) in [6.45, 7) is 4.89. The summed E-state index contributed by atoms with van der Waals surface area (Å²) in [7, 11) is 0. The number of hydrogen-bond donors (Lipinski definition) is 1. The Kier molecular flexibility index (Phi) is 3.10. The van der Waals surface area contributed by atoms with Crippen LogP contribution in [0.15, 0.2) is 0 Å². The summed E-state index contributed by atoms with van der Waals surface area (Å²) in [5, 5.41) is 3.70. The fourth-order valence-corrected chi connectivity index (χ4v) is 3.82. The quantitative estimate of drug-likeness (QED) is 0.802. The molecule has 3 heteroatoms. The molecular formula is C15H26N2O. The summed E-state index contributed by atoms with van der Waals surface area (Å²) in [6.07, 6.45) is 8.92.